The summed E-state index contributed by atoms with van der Waals surface area (Å²) in [6, 6.07) is 3.24. The van der Waals surface area contributed by atoms with Crippen LogP contribution in [0.4, 0.5) is 5.13 Å². The van der Waals surface area contributed by atoms with Gasteiger partial charge in [0.05, 0.1) is 6.26 Å². The lowest BCUT2D eigenvalue weighted by Gasteiger charge is -2.03. The quantitative estimate of drug-likeness (QED) is 0.722. The summed E-state index contributed by atoms with van der Waals surface area (Å²) >= 11 is 1.40. The van der Waals surface area contributed by atoms with Crippen molar-refractivity contribution in [2.24, 2.45) is 5.92 Å². The van der Waals surface area contributed by atoms with Gasteiger partial charge in [-0.25, -0.2) is 0 Å². The van der Waals surface area contributed by atoms with Crippen molar-refractivity contribution in [1.29, 1.82) is 0 Å². The van der Waals surface area contributed by atoms with Crippen molar-refractivity contribution in [2.45, 2.75) is 33.1 Å². The maximum atomic E-state index is 11.8. The molecule has 2 heterocycles. The van der Waals surface area contributed by atoms with Crippen LogP contribution in [0.15, 0.2) is 22.8 Å². The van der Waals surface area contributed by atoms with Gasteiger partial charge in [0, 0.05) is 19.4 Å². The fourth-order valence-corrected chi connectivity index (χ4v) is 2.83. The second-order valence-electron chi connectivity index (χ2n) is 5.48. The first-order valence-electron chi connectivity index (χ1n) is 7.48. The van der Waals surface area contributed by atoms with Crippen LogP contribution in [0, 0.1) is 5.92 Å². The molecule has 0 saturated heterocycles. The molecule has 0 atom stereocenters. The number of hydrogen-bond acceptors (Lipinski definition) is 6. The summed E-state index contributed by atoms with van der Waals surface area (Å²) < 4.78 is 4.98. The Balaban J connectivity index is 1.65. The molecule has 0 aromatic carbocycles. The third-order valence-electron chi connectivity index (χ3n) is 2.91. The van der Waals surface area contributed by atoms with Crippen LogP contribution >= 0.6 is 11.3 Å². The van der Waals surface area contributed by atoms with Gasteiger partial charge in [-0.2, -0.15) is 0 Å². The van der Waals surface area contributed by atoms with Crippen molar-refractivity contribution in [2.75, 3.05) is 11.9 Å². The molecule has 2 amide bonds. The molecule has 0 aliphatic heterocycles. The fraction of sp³-hybridized carbons (Fsp3) is 0.467. The van der Waals surface area contributed by atoms with Gasteiger partial charge in [0.1, 0.15) is 5.01 Å². The molecule has 7 nitrogen and oxygen atoms in total. The summed E-state index contributed by atoms with van der Waals surface area (Å²) in [4.78, 5) is 23.4. The van der Waals surface area contributed by atoms with Crippen LogP contribution in [-0.4, -0.2) is 28.6 Å². The lowest BCUT2D eigenvalue weighted by atomic mass is 10.1. The summed E-state index contributed by atoms with van der Waals surface area (Å²) in [6.07, 6.45) is 3.14. The molecule has 2 aromatic heterocycles. The minimum Gasteiger partial charge on any atom is -0.459 e. The van der Waals surface area contributed by atoms with E-state index in [-0.39, 0.29) is 17.6 Å². The maximum Gasteiger partial charge on any atom is 0.286 e. The van der Waals surface area contributed by atoms with E-state index in [9.17, 15) is 9.59 Å². The molecule has 0 spiro atoms. The normalized spacial score (nSPS) is 10.7. The van der Waals surface area contributed by atoms with Gasteiger partial charge in [-0.15, -0.1) is 10.2 Å². The molecule has 2 N–H and O–H groups in total. The topological polar surface area (TPSA) is 97.1 Å². The second-order valence-corrected chi connectivity index (χ2v) is 6.55. The van der Waals surface area contributed by atoms with Gasteiger partial charge in [0.2, 0.25) is 11.0 Å². The predicted octanol–water partition coefficient (Wildman–Crippen LogP) is 2.48. The molecular weight excluding hydrogens is 316 g/mol. The number of nitrogens with zero attached hydrogens (tertiary/aromatic N) is 2. The van der Waals surface area contributed by atoms with Gasteiger partial charge >= 0.3 is 0 Å². The smallest absolute Gasteiger partial charge is 0.286 e. The zero-order valence-electron chi connectivity index (χ0n) is 13.2. The first-order valence-corrected chi connectivity index (χ1v) is 8.30. The van der Waals surface area contributed by atoms with Gasteiger partial charge in [0.25, 0.3) is 5.91 Å². The van der Waals surface area contributed by atoms with Crippen molar-refractivity contribution >= 4 is 28.3 Å². The third-order valence-corrected chi connectivity index (χ3v) is 3.77. The number of carbonyl (C=O) groups excluding carboxylic acids is 2. The summed E-state index contributed by atoms with van der Waals surface area (Å²) in [5, 5.41) is 14.9. The number of nitrogens with one attached hydrogen (secondary N) is 2. The fourth-order valence-electron chi connectivity index (χ4n) is 1.86. The zero-order valence-corrected chi connectivity index (χ0v) is 14.0. The zero-order chi connectivity index (χ0) is 16.7. The van der Waals surface area contributed by atoms with Gasteiger partial charge in [0.15, 0.2) is 5.76 Å². The summed E-state index contributed by atoms with van der Waals surface area (Å²) in [7, 11) is 0. The molecule has 2 aromatic rings. The molecule has 0 bridgehead atoms. The van der Waals surface area contributed by atoms with E-state index in [0.717, 1.165) is 11.4 Å². The minimum atomic E-state index is -0.280. The SMILES string of the molecule is CC(C)Cc1nnc(NC(=O)CCCNC(=O)c2ccco2)s1. The van der Waals surface area contributed by atoms with E-state index in [0.29, 0.717) is 30.4 Å². The Kier molecular flexibility index (Phi) is 6.28. The Morgan fingerprint density at radius 2 is 2.17 bits per heavy atom. The molecule has 0 saturated carbocycles. The highest BCUT2D eigenvalue weighted by Gasteiger charge is 2.10. The monoisotopic (exact) mass is 336 g/mol. The molecule has 0 fully saturated rings. The minimum absolute atomic E-state index is 0.135. The van der Waals surface area contributed by atoms with Crippen molar-refractivity contribution in [3.05, 3.63) is 29.2 Å². The van der Waals surface area contributed by atoms with E-state index < -0.39 is 0 Å². The predicted molar refractivity (Wildman–Crippen MR) is 87.4 cm³/mol. The van der Waals surface area contributed by atoms with Crippen LogP contribution in [0.5, 0.6) is 0 Å². The number of aromatic nitrogens is 2. The average Bonchev–Trinajstić information content (AvgIpc) is 3.14. The molecule has 0 aliphatic carbocycles. The largest absolute Gasteiger partial charge is 0.459 e. The number of carbonyl (C=O) groups is 2. The van der Waals surface area contributed by atoms with Crippen LogP contribution in [0.1, 0.15) is 42.3 Å². The average molecular weight is 336 g/mol. The van der Waals surface area contributed by atoms with Crippen LogP contribution in [-0.2, 0) is 11.2 Å². The molecule has 124 valence electrons. The van der Waals surface area contributed by atoms with E-state index in [1.54, 1.807) is 12.1 Å². The summed E-state index contributed by atoms with van der Waals surface area (Å²) in [5.74, 6) is 0.354. The van der Waals surface area contributed by atoms with Crippen LogP contribution in [0.25, 0.3) is 0 Å². The van der Waals surface area contributed by atoms with Crippen molar-refractivity contribution in [3.63, 3.8) is 0 Å². The number of amides is 2. The van der Waals surface area contributed by atoms with Crippen LogP contribution in [0.2, 0.25) is 0 Å². The summed E-state index contributed by atoms with van der Waals surface area (Å²) in [6.45, 7) is 4.62. The number of hydrogen-bond donors (Lipinski definition) is 2. The molecule has 0 unspecified atom stereocenters. The second kappa shape index (κ2) is 8.42. The highest BCUT2D eigenvalue weighted by molar-refractivity contribution is 7.15. The van der Waals surface area contributed by atoms with E-state index >= 15 is 0 Å². The van der Waals surface area contributed by atoms with E-state index in [1.165, 1.54) is 17.6 Å². The van der Waals surface area contributed by atoms with Gasteiger partial charge in [-0.05, 0) is 24.5 Å². The molecule has 2 rings (SSSR count). The molecule has 8 heteroatoms. The highest BCUT2D eigenvalue weighted by atomic mass is 32.1. The lowest BCUT2D eigenvalue weighted by Crippen LogP contribution is -2.25. The van der Waals surface area contributed by atoms with Gasteiger partial charge in [-0.3, -0.25) is 9.59 Å². The Hall–Kier alpha value is -2.22. The summed E-state index contributed by atoms with van der Waals surface area (Å²) in [5.41, 5.74) is 0. The lowest BCUT2D eigenvalue weighted by molar-refractivity contribution is -0.116. The maximum absolute atomic E-state index is 11.8. The Morgan fingerprint density at radius 3 is 2.87 bits per heavy atom. The van der Waals surface area contributed by atoms with Gasteiger partial charge in [-0.1, -0.05) is 25.2 Å². The first-order chi connectivity index (χ1) is 11.0. The standard InChI is InChI=1S/C15H20N4O3S/c1-10(2)9-13-18-19-15(23-13)17-12(20)6-3-7-16-14(21)11-5-4-8-22-11/h4-5,8,10H,3,6-7,9H2,1-2H3,(H,16,21)(H,17,19,20). The molecule has 0 aliphatic rings. The van der Waals surface area contributed by atoms with Crippen LogP contribution in [0.3, 0.4) is 0 Å². The van der Waals surface area contributed by atoms with Gasteiger partial charge < -0.3 is 15.1 Å². The van der Waals surface area contributed by atoms with Crippen molar-refractivity contribution < 1.29 is 14.0 Å². The molecule has 0 radical (unpaired) electrons. The Labute approximate surface area is 138 Å². The Bertz CT molecular complexity index is 637. The van der Waals surface area contributed by atoms with Crippen molar-refractivity contribution in [3.8, 4) is 0 Å². The number of anilines is 1. The molecular formula is C15H20N4O3S. The number of rotatable bonds is 8. The van der Waals surface area contributed by atoms with E-state index in [1.807, 2.05) is 0 Å². The van der Waals surface area contributed by atoms with Crippen LogP contribution < -0.4 is 10.6 Å². The third kappa shape index (κ3) is 5.82. The highest BCUT2D eigenvalue weighted by Crippen LogP contribution is 2.18. The number of furan rings is 1. The van der Waals surface area contributed by atoms with E-state index in [4.69, 9.17) is 4.42 Å². The first kappa shape index (κ1) is 17.1. The molecule has 23 heavy (non-hydrogen) atoms. The van der Waals surface area contributed by atoms with Crippen molar-refractivity contribution in [1.82, 2.24) is 15.5 Å². The van der Waals surface area contributed by atoms with E-state index in [2.05, 4.69) is 34.7 Å². The Morgan fingerprint density at radius 1 is 1.35 bits per heavy atom.